The normalized spacial score (nSPS) is 60.8. The van der Waals surface area contributed by atoms with Crippen molar-refractivity contribution in [1.82, 2.24) is 0 Å². The summed E-state index contributed by atoms with van der Waals surface area (Å²) in [6, 6.07) is 0. The van der Waals surface area contributed by atoms with Gasteiger partial charge in [0.1, 0.15) is 0 Å². The minimum Gasteiger partial charge on any atom is -0.0651 e. The molecule has 38 heavy (non-hydrogen) atoms. The lowest BCUT2D eigenvalue weighted by Crippen LogP contribution is -2.53. The molecule has 12 fully saturated rings. The van der Waals surface area contributed by atoms with Crippen LogP contribution in [0.4, 0.5) is 0 Å². The zero-order valence-electron chi connectivity index (χ0n) is 25.1. The van der Waals surface area contributed by atoms with E-state index in [1.54, 1.807) is 103 Å². The van der Waals surface area contributed by atoms with Crippen molar-refractivity contribution >= 4 is 0 Å². The van der Waals surface area contributed by atoms with E-state index in [9.17, 15) is 0 Å². The van der Waals surface area contributed by atoms with Crippen molar-refractivity contribution in [3.05, 3.63) is 0 Å². The molecule has 0 aromatic carbocycles. The van der Waals surface area contributed by atoms with Crippen molar-refractivity contribution in [2.45, 2.75) is 129 Å². The Morgan fingerprint density at radius 2 is 0.579 bits per heavy atom. The van der Waals surface area contributed by atoms with E-state index in [2.05, 4.69) is 13.8 Å². The fraction of sp³-hybridized carbons (Fsp3) is 1.00. The summed E-state index contributed by atoms with van der Waals surface area (Å²) < 4.78 is 0. The molecule has 212 valence electrons. The molecule has 12 saturated carbocycles. The summed E-state index contributed by atoms with van der Waals surface area (Å²) in [6.45, 7) is 5.08. The molecule has 0 aliphatic heterocycles. The Morgan fingerprint density at radius 1 is 0.316 bits per heavy atom. The van der Waals surface area contributed by atoms with Gasteiger partial charge in [0.15, 0.2) is 0 Å². The average Bonchev–Trinajstić information content (AvgIpc) is 2.90. The molecule has 16 atom stereocenters. The summed E-state index contributed by atoms with van der Waals surface area (Å²) in [7, 11) is 0. The van der Waals surface area contributed by atoms with E-state index in [1.165, 1.54) is 12.8 Å². The molecule has 0 saturated heterocycles. The minimum absolute atomic E-state index is 1.12. The second-order valence-electron chi connectivity index (χ2n) is 17.9. The molecule has 0 radical (unpaired) electrons. The summed E-state index contributed by atoms with van der Waals surface area (Å²) >= 11 is 0. The zero-order chi connectivity index (χ0) is 25.1. The molecule has 12 rings (SSSR count). The highest BCUT2D eigenvalue weighted by Crippen LogP contribution is 2.66. The summed E-state index contributed by atoms with van der Waals surface area (Å²) in [5.41, 5.74) is 0. The summed E-state index contributed by atoms with van der Waals surface area (Å²) in [5.74, 6) is 20.6. The van der Waals surface area contributed by atoms with Gasteiger partial charge in [-0.3, -0.25) is 0 Å². The molecule has 0 nitrogen and oxygen atoms in total. The van der Waals surface area contributed by atoms with Crippen molar-refractivity contribution in [1.29, 1.82) is 0 Å². The van der Waals surface area contributed by atoms with Crippen LogP contribution in [0.5, 0.6) is 0 Å². The van der Waals surface area contributed by atoms with Gasteiger partial charge in [-0.2, -0.15) is 0 Å². The smallest absolute Gasteiger partial charge is 0.0349 e. The van der Waals surface area contributed by atoms with Gasteiger partial charge in [-0.1, -0.05) is 26.7 Å². The molecule has 0 heteroatoms. The molecule has 0 heterocycles. The van der Waals surface area contributed by atoms with Gasteiger partial charge in [0.25, 0.3) is 0 Å². The predicted molar refractivity (Wildman–Crippen MR) is 157 cm³/mol. The number of rotatable bonds is 8. The largest absolute Gasteiger partial charge is 0.0651 e. The van der Waals surface area contributed by atoms with Crippen LogP contribution >= 0.6 is 0 Å². The minimum atomic E-state index is 1.12. The fourth-order valence-electron chi connectivity index (χ4n) is 16.4. The Morgan fingerprint density at radius 3 is 0.868 bits per heavy atom. The molecular weight excluding hydrogens is 456 g/mol. The van der Waals surface area contributed by atoms with E-state index in [4.69, 9.17) is 0 Å². The van der Waals surface area contributed by atoms with E-state index in [-0.39, 0.29) is 0 Å². The van der Waals surface area contributed by atoms with Crippen LogP contribution in [0.3, 0.4) is 0 Å². The lowest BCUT2D eigenvalue weighted by atomic mass is 9.44. The summed E-state index contributed by atoms with van der Waals surface area (Å²) in [5, 5.41) is 0. The predicted octanol–water partition coefficient (Wildman–Crippen LogP) is 10.3. The summed E-state index contributed by atoms with van der Waals surface area (Å²) in [4.78, 5) is 0. The maximum Gasteiger partial charge on any atom is -0.0349 e. The van der Waals surface area contributed by atoms with Crippen molar-refractivity contribution in [2.75, 3.05) is 0 Å². The van der Waals surface area contributed by atoms with Crippen LogP contribution in [0.15, 0.2) is 0 Å². The van der Waals surface area contributed by atoms with Crippen LogP contribution in [-0.2, 0) is 0 Å². The first kappa shape index (κ1) is 24.6. The SMILES string of the molecule is CCC1C2CC3CC(C2)C(CCC2C4CC5CC(C4)C(CCC4C6CC7CC(C6)C(CC)C4C7)C2C5)C1C3. The molecule has 12 aliphatic rings. The standard InChI is InChI=1S/C38H60/c1-3-30-24-9-21-11-26(18-24)32(36(30)15-21)5-7-34-28-13-23-14-29(20-28)35(38(34)17-23)8-6-33-27-12-22-10-25(19-27)31(4-2)37(33)16-22/h21-38H,3-20H2,1-2H3. The third-order valence-electron chi connectivity index (χ3n) is 17.0. The highest BCUT2D eigenvalue weighted by Gasteiger charge is 2.57. The summed E-state index contributed by atoms with van der Waals surface area (Å²) in [6.07, 6.45) is 29.3. The molecule has 0 aromatic rings. The quantitative estimate of drug-likeness (QED) is 0.301. The van der Waals surface area contributed by atoms with E-state index in [0.29, 0.717) is 0 Å². The average molecular weight is 517 g/mol. The number of hydrogen-bond acceptors (Lipinski definition) is 0. The molecule has 12 aliphatic carbocycles. The van der Waals surface area contributed by atoms with Crippen LogP contribution in [-0.4, -0.2) is 0 Å². The Bertz CT molecular complexity index is 820. The Balaban J connectivity index is 0.890. The van der Waals surface area contributed by atoms with E-state index in [1.807, 2.05) is 0 Å². The molecule has 0 N–H and O–H groups in total. The lowest BCUT2D eigenvalue weighted by Gasteiger charge is -2.61. The second-order valence-corrected chi connectivity index (χ2v) is 17.9. The Kier molecular flexibility index (Phi) is 5.98. The van der Waals surface area contributed by atoms with Crippen LogP contribution in [0.2, 0.25) is 0 Å². The highest BCUT2D eigenvalue weighted by molar-refractivity contribution is 5.06. The van der Waals surface area contributed by atoms with Gasteiger partial charge in [0.05, 0.1) is 0 Å². The molecule has 16 unspecified atom stereocenters. The Labute approximate surface area is 235 Å². The van der Waals surface area contributed by atoms with Gasteiger partial charge in [0, 0.05) is 0 Å². The van der Waals surface area contributed by atoms with E-state index in [0.717, 1.165) is 107 Å². The van der Waals surface area contributed by atoms with Gasteiger partial charge >= 0.3 is 0 Å². The van der Waals surface area contributed by atoms with E-state index >= 15 is 0 Å². The molecule has 12 bridgehead atoms. The third-order valence-corrected chi connectivity index (χ3v) is 17.0. The first-order valence-corrected chi connectivity index (χ1v) is 18.7. The maximum absolute atomic E-state index is 2.54. The maximum atomic E-state index is 2.54. The number of hydrogen-bond donors (Lipinski definition) is 0. The topological polar surface area (TPSA) is 0 Å². The third kappa shape index (κ3) is 3.64. The van der Waals surface area contributed by atoms with Crippen molar-refractivity contribution in [3.8, 4) is 0 Å². The van der Waals surface area contributed by atoms with Crippen LogP contribution < -0.4 is 0 Å². The monoisotopic (exact) mass is 516 g/mol. The van der Waals surface area contributed by atoms with Crippen molar-refractivity contribution in [2.24, 2.45) is 107 Å². The highest BCUT2D eigenvalue weighted by atomic mass is 14.6. The first-order valence-electron chi connectivity index (χ1n) is 18.7. The van der Waals surface area contributed by atoms with Crippen LogP contribution in [0.1, 0.15) is 129 Å². The van der Waals surface area contributed by atoms with Gasteiger partial charge in [-0.05, 0) is 209 Å². The van der Waals surface area contributed by atoms with Crippen molar-refractivity contribution in [3.63, 3.8) is 0 Å². The van der Waals surface area contributed by atoms with Crippen LogP contribution in [0.25, 0.3) is 0 Å². The first-order chi connectivity index (χ1) is 18.7. The molecule has 0 amide bonds. The molecule has 0 aromatic heterocycles. The zero-order valence-corrected chi connectivity index (χ0v) is 25.1. The van der Waals surface area contributed by atoms with Gasteiger partial charge in [-0.15, -0.1) is 0 Å². The Hall–Kier alpha value is 0. The van der Waals surface area contributed by atoms with E-state index < -0.39 is 0 Å². The van der Waals surface area contributed by atoms with Gasteiger partial charge in [0.2, 0.25) is 0 Å². The molecule has 0 spiro atoms. The second kappa shape index (κ2) is 9.25. The van der Waals surface area contributed by atoms with Crippen molar-refractivity contribution < 1.29 is 0 Å². The van der Waals surface area contributed by atoms with Gasteiger partial charge in [-0.25, -0.2) is 0 Å². The van der Waals surface area contributed by atoms with Gasteiger partial charge < -0.3 is 0 Å². The lowest BCUT2D eigenvalue weighted by molar-refractivity contribution is -0.118. The molecular formula is C38H60. The fourth-order valence-corrected chi connectivity index (χ4v) is 16.4. The van der Waals surface area contributed by atoms with Crippen LogP contribution in [0, 0.1) is 107 Å².